The molecule has 96 valence electrons. The lowest BCUT2D eigenvalue weighted by molar-refractivity contribution is 0.808. The Hall–Kier alpha value is -1.71. The highest BCUT2D eigenvalue weighted by atomic mass is 32.1. The van der Waals surface area contributed by atoms with E-state index < -0.39 is 0 Å². The Labute approximate surface area is 116 Å². The van der Waals surface area contributed by atoms with Crippen LogP contribution in [-0.2, 0) is 0 Å². The molecule has 2 aromatic carbocycles. The molecule has 1 heterocycles. The van der Waals surface area contributed by atoms with Crippen LogP contribution in [0.3, 0.4) is 0 Å². The van der Waals surface area contributed by atoms with Gasteiger partial charge in [-0.1, -0.05) is 35.9 Å². The fraction of sp³-hybridized carbons (Fsp3) is 0.188. The summed E-state index contributed by atoms with van der Waals surface area (Å²) < 4.78 is 0. The third kappa shape index (κ3) is 2.39. The average Bonchev–Trinajstić information content (AvgIpc) is 2.88. The summed E-state index contributed by atoms with van der Waals surface area (Å²) in [5, 5.41) is 5.58. The molecule has 0 saturated heterocycles. The Kier molecular flexibility index (Phi) is 3.09. The van der Waals surface area contributed by atoms with Crippen molar-refractivity contribution in [2.24, 2.45) is 5.73 Å². The minimum absolute atomic E-state index is 0.00172. The zero-order valence-electron chi connectivity index (χ0n) is 11.1. The second kappa shape index (κ2) is 4.76. The summed E-state index contributed by atoms with van der Waals surface area (Å²) in [6.45, 7) is 4.08. The van der Waals surface area contributed by atoms with Crippen molar-refractivity contribution in [2.75, 3.05) is 0 Å². The Morgan fingerprint density at radius 1 is 1.11 bits per heavy atom. The van der Waals surface area contributed by atoms with E-state index in [0.717, 1.165) is 16.3 Å². The van der Waals surface area contributed by atoms with Gasteiger partial charge in [0.2, 0.25) is 0 Å². The lowest BCUT2D eigenvalue weighted by Crippen LogP contribution is -2.03. The molecule has 3 rings (SSSR count). The van der Waals surface area contributed by atoms with Gasteiger partial charge in [-0.15, -0.1) is 11.3 Å². The molecule has 0 spiro atoms. The molecular formula is C16H16N2S. The molecule has 0 amide bonds. The van der Waals surface area contributed by atoms with Crippen molar-refractivity contribution in [1.29, 1.82) is 0 Å². The number of benzene rings is 2. The van der Waals surface area contributed by atoms with Crippen molar-refractivity contribution in [3.05, 3.63) is 52.3 Å². The first kappa shape index (κ1) is 12.3. The highest BCUT2D eigenvalue weighted by Gasteiger charge is 2.08. The maximum Gasteiger partial charge on any atom is 0.110 e. The van der Waals surface area contributed by atoms with Gasteiger partial charge in [0.15, 0.2) is 0 Å². The van der Waals surface area contributed by atoms with Gasteiger partial charge in [0.25, 0.3) is 0 Å². The number of aromatic nitrogens is 1. The van der Waals surface area contributed by atoms with Crippen LogP contribution >= 0.6 is 11.3 Å². The predicted molar refractivity (Wildman–Crippen MR) is 82.4 cm³/mol. The van der Waals surface area contributed by atoms with Crippen LogP contribution in [0.15, 0.2) is 41.8 Å². The van der Waals surface area contributed by atoms with Crippen molar-refractivity contribution < 1.29 is 0 Å². The number of hydrogen-bond acceptors (Lipinski definition) is 3. The van der Waals surface area contributed by atoms with Crippen molar-refractivity contribution >= 4 is 22.1 Å². The minimum atomic E-state index is 0.00172. The molecule has 0 aliphatic heterocycles. The SMILES string of the molecule is Cc1ccc2cc(-c3csc(C(C)N)n3)ccc2c1. The van der Waals surface area contributed by atoms with Crippen LogP contribution in [0.5, 0.6) is 0 Å². The van der Waals surface area contributed by atoms with Gasteiger partial charge in [-0.05, 0) is 30.7 Å². The highest BCUT2D eigenvalue weighted by Crippen LogP contribution is 2.27. The third-order valence-corrected chi connectivity index (χ3v) is 4.25. The lowest BCUT2D eigenvalue weighted by atomic mass is 10.0. The zero-order valence-corrected chi connectivity index (χ0v) is 11.9. The average molecular weight is 268 g/mol. The van der Waals surface area contributed by atoms with Crippen LogP contribution in [0.1, 0.15) is 23.5 Å². The van der Waals surface area contributed by atoms with Crippen molar-refractivity contribution in [2.45, 2.75) is 19.9 Å². The molecule has 0 saturated carbocycles. The Bertz CT molecular complexity index is 728. The van der Waals surface area contributed by atoms with E-state index in [2.05, 4.69) is 53.7 Å². The molecule has 3 aromatic rings. The molecule has 0 fully saturated rings. The van der Waals surface area contributed by atoms with E-state index >= 15 is 0 Å². The van der Waals surface area contributed by atoms with Gasteiger partial charge in [-0.25, -0.2) is 4.98 Å². The summed E-state index contributed by atoms with van der Waals surface area (Å²) in [5.74, 6) is 0. The van der Waals surface area contributed by atoms with Crippen LogP contribution in [0.2, 0.25) is 0 Å². The van der Waals surface area contributed by atoms with E-state index in [4.69, 9.17) is 5.73 Å². The molecule has 0 radical (unpaired) electrons. The van der Waals surface area contributed by atoms with Gasteiger partial charge in [0.1, 0.15) is 5.01 Å². The van der Waals surface area contributed by atoms with Gasteiger partial charge >= 0.3 is 0 Å². The topological polar surface area (TPSA) is 38.9 Å². The van der Waals surface area contributed by atoms with E-state index in [1.54, 1.807) is 11.3 Å². The van der Waals surface area contributed by atoms with E-state index in [0.29, 0.717) is 0 Å². The van der Waals surface area contributed by atoms with E-state index in [-0.39, 0.29) is 6.04 Å². The molecule has 19 heavy (non-hydrogen) atoms. The number of nitrogens with zero attached hydrogens (tertiary/aromatic N) is 1. The number of nitrogens with two attached hydrogens (primary N) is 1. The fourth-order valence-corrected chi connectivity index (χ4v) is 2.94. The maximum atomic E-state index is 5.86. The fourth-order valence-electron chi connectivity index (χ4n) is 2.15. The molecule has 1 unspecified atom stereocenters. The third-order valence-electron chi connectivity index (χ3n) is 3.20. The quantitative estimate of drug-likeness (QED) is 0.753. The van der Waals surface area contributed by atoms with Crippen LogP contribution in [0.4, 0.5) is 0 Å². The summed E-state index contributed by atoms with van der Waals surface area (Å²) in [7, 11) is 0. The summed E-state index contributed by atoms with van der Waals surface area (Å²) in [6, 6.07) is 13.0. The molecule has 3 heteroatoms. The van der Waals surface area contributed by atoms with Crippen LogP contribution in [0.25, 0.3) is 22.0 Å². The second-order valence-corrected chi connectivity index (χ2v) is 5.81. The first-order chi connectivity index (χ1) is 9.13. The van der Waals surface area contributed by atoms with E-state index in [1.165, 1.54) is 16.3 Å². The van der Waals surface area contributed by atoms with Crippen LogP contribution in [-0.4, -0.2) is 4.98 Å². The first-order valence-corrected chi connectivity index (χ1v) is 7.23. The van der Waals surface area contributed by atoms with Gasteiger partial charge < -0.3 is 5.73 Å². The first-order valence-electron chi connectivity index (χ1n) is 6.35. The number of hydrogen-bond donors (Lipinski definition) is 1. The second-order valence-electron chi connectivity index (χ2n) is 4.93. The zero-order chi connectivity index (χ0) is 13.4. The Morgan fingerprint density at radius 2 is 1.84 bits per heavy atom. The smallest absolute Gasteiger partial charge is 0.110 e. The van der Waals surface area contributed by atoms with Crippen molar-refractivity contribution in [3.63, 3.8) is 0 Å². The molecule has 0 aliphatic rings. The van der Waals surface area contributed by atoms with E-state index in [1.807, 2.05) is 6.92 Å². The predicted octanol–water partition coefficient (Wildman–Crippen LogP) is 4.29. The van der Waals surface area contributed by atoms with Gasteiger partial charge in [0, 0.05) is 10.9 Å². The molecule has 1 atom stereocenters. The molecule has 0 aliphatic carbocycles. The summed E-state index contributed by atoms with van der Waals surface area (Å²) in [4.78, 5) is 4.60. The van der Waals surface area contributed by atoms with E-state index in [9.17, 15) is 0 Å². The number of aryl methyl sites for hydroxylation is 1. The number of rotatable bonds is 2. The highest BCUT2D eigenvalue weighted by molar-refractivity contribution is 7.10. The van der Waals surface area contributed by atoms with Crippen LogP contribution in [0, 0.1) is 6.92 Å². The normalized spacial score (nSPS) is 12.8. The molecule has 1 aromatic heterocycles. The Balaban J connectivity index is 2.07. The standard InChI is InChI=1S/C16H16N2S/c1-10-3-4-13-8-14(6-5-12(13)7-10)15-9-19-16(18-15)11(2)17/h3-9,11H,17H2,1-2H3. The summed E-state index contributed by atoms with van der Waals surface area (Å²) >= 11 is 1.62. The largest absolute Gasteiger partial charge is 0.322 e. The van der Waals surface area contributed by atoms with Gasteiger partial charge in [-0.2, -0.15) is 0 Å². The van der Waals surface area contributed by atoms with Gasteiger partial charge in [0.05, 0.1) is 11.7 Å². The minimum Gasteiger partial charge on any atom is -0.322 e. The van der Waals surface area contributed by atoms with Crippen molar-refractivity contribution in [1.82, 2.24) is 4.98 Å². The lowest BCUT2D eigenvalue weighted by Gasteiger charge is -2.03. The monoisotopic (exact) mass is 268 g/mol. The summed E-state index contributed by atoms with van der Waals surface area (Å²) in [5.41, 5.74) is 9.31. The number of thiazole rings is 1. The maximum absolute atomic E-state index is 5.86. The van der Waals surface area contributed by atoms with Crippen molar-refractivity contribution in [3.8, 4) is 11.3 Å². The molecule has 2 N–H and O–H groups in total. The molecule has 2 nitrogen and oxygen atoms in total. The molecular weight excluding hydrogens is 252 g/mol. The van der Waals surface area contributed by atoms with Crippen LogP contribution < -0.4 is 5.73 Å². The Morgan fingerprint density at radius 3 is 2.58 bits per heavy atom. The van der Waals surface area contributed by atoms with Gasteiger partial charge in [-0.3, -0.25) is 0 Å². The molecule has 0 bridgehead atoms. The summed E-state index contributed by atoms with van der Waals surface area (Å²) in [6.07, 6.45) is 0. The number of fused-ring (bicyclic) bond motifs is 1.